The summed E-state index contributed by atoms with van der Waals surface area (Å²) in [4.78, 5) is 0.106. The van der Waals surface area contributed by atoms with Crippen molar-refractivity contribution >= 4 is 20.8 Å². The second-order valence-corrected chi connectivity index (χ2v) is 7.43. The van der Waals surface area contributed by atoms with Crippen LogP contribution in [0.4, 0.5) is 0 Å². The van der Waals surface area contributed by atoms with E-state index in [1.165, 1.54) is 12.3 Å². The van der Waals surface area contributed by atoms with E-state index in [4.69, 9.17) is 5.73 Å². The lowest BCUT2D eigenvalue weighted by molar-refractivity contribution is 0.570. The molecular formula is C13H18N2O3S2. The van der Waals surface area contributed by atoms with Gasteiger partial charge in [0.1, 0.15) is 0 Å². The lowest BCUT2D eigenvalue weighted by Crippen LogP contribution is -2.36. The number of sulfonamides is 1. The zero-order valence-electron chi connectivity index (χ0n) is 11.4. The Kier molecular flexibility index (Phi) is 6.36. The quantitative estimate of drug-likeness (QED) is 0.751. The third-order valence-electron chi connectivity index (χ3n) is 2.34. The van der Waals surface area contributed by atoms with Gasteiger partial charge in [-0.15, -0.1) is 0 Å². The maximum absolute atomic E-state index is 12.3. The number of nitrogens with two attached hydrogens (primary N) is 1. The zero-order chi connectivity index (χ0) is 15.2. The second-order valence-electron chi connectivity index (χ2n) is 4.26. The molecule has 0 aliphatic rings. The van der Waals surface area contributed by atoms with E-state index < -0.39 is 26.9 Å². The Hall–Kier alpha value is -1.20. The highest BCUT2D eigenvalue weighted by Crippen LogP contribution is 2.14. The molecule has 0 saturated heterocycles. The monoisotopic (exact) mass is 314 g/mol. The summed E-state index contributed by atoms with van der Waals surface area (Å²) in [6.07, 6.45) is 1.53. The summed E-state index contributed by atoms with van der Waals surface area (Å²) < 4.78 is 38.2. The topological polar surface area (TPSA) is 89.3 Å². The number of rotatable bonds is 5. The Labute approximate surface area is 122 Å². The van der Waals surface area contributed by atoms with E-state index in [0.29, 0.717) is 5.56 Å². The molecular weight excluding hydrogens is 296 g/mol. The Bertz CT molecular complexity index is 645. The highest BCUT2D eigenvalue weighted by Gasteiger charge is 2.20. The summed E-state index contributed by atoms with van der Waals surface area (Å²) in [5.41, 5.74) is 5.70. The van der Waals surface area contributed by atoms with Crippen molar-refractivity contribution in [1.82, 2.24) is 4.72 Å². The predicted molar refractivity (Wildman–Crippen MR) is 81.1 cm³/mol. The molecule has 0 aromatic heterocycles. The van der Waals surface area contributed by atoms with Crippen molar-refractivity contribution in [2.45, 2.75) is 17.9 Å². The van der Waals surface area contributed by atoms with E-state index in [-0.39, 0.29) is 17.2 Å². The van der Waals surface area contributed by atoms with Gasteiger partial charge in [0.25, 0.3) is 0 Å². The molecule has 1 aromatic carbocycles. The van der Waals surface area contributed by atoms with Crippen LogP contribution < -0.4 is 10.5 Å². The molecule has 1 aromatic rings. The largest absolute Gasteiger partial charge is 0.320 e. The lowest BCUT2D eigenvalue weighted by Gasteiger charge is -2.13. The highest BCUT2D eigenvalue weighted by molar-refractivity contribution is 7.89. The predicted octanol–water partition coefficient (Wildman–Crippen LogP) is 0.0421. The van der Waals surface area contributed by atoms with Gasteiger partial charge in [-0.05, 0) is 19.1 Å². The zero-order valence-corrected chi connectivity index (χ0v) is 13.1. The average Bonchev–Trinajstić information content (AvgIpc) is 2.34. The molecule has 2 atom stereocenters. The summed E-state index contributed by atoms with van der Waals surface area (Å²) >= 11 is 0. The molecule has 0 aliphatic carbocycles. The van der Waals surface area contributed by atoms with Gasteiger partial charge in [-0.1, -0.05) is 24.0 Å². The molecule has 0 saturated carbocycles. The van der Waals surface area contributed by atoms with Crippen LogP contribution in [-0.2, 0) is 20.8 Å². The van der Waals surface area contributed by atoms with Gasteiger partial charge in [0.05, 0.1) is 11.4 Å². The van der Waals surface area contributed by atoms with Crippen LogP contribution >= 0.6 is 0 Å². The highest BCUT2D eigenvalue weighted by atomic mass is 32.2. The third kappa shape index (κ3) is 5.06. The van der Waals surface area contributed by atoms with Crippen molar-refractivity contribution < 1.29 is 12.6 Å². The van der Waals surface area contributed by atoms with Gasteiger partial charge in [-0.2, -0.15) is 0 Å². The Morgan fingerprint density at radius 1 is 1.40 bits per heavy atom. The molecule has 0 heterocycles. The molecule has 0 spiro atoms. The van der Waals surface area contributed by atoms with Crippen molar-refractivity contribution in [2.24, 2.45) is 5.73 Å². The van der Waals surface area contributed by atoms with Crippen molar-refractivity contribution in [3.05, 3.63) is 29.8 Å². The van der Waals surface area contributed by atoms with Crippen molar-refractivity contribution in [2.75, 3.05) is 18.6 Å². The van der Waals surface area contributed by atoms with Crippen LogP contribution in [0.2, 0.25) is 0 Å². The molecule has 0 bridgehead atoms. The van der Waals surface area contributed by atoms with E-state index >= 15 is 0 Å². The minimum absolute atomic E-state index is 0.106. The van der Waals surface area contributed by atoms with Crippen molar-refractivity contribution in [1.29, 1.82) is 0 Å². The molecule has 3 N–H and O–H groups in total. The molecule has 7 heteroatoms. The molecule has 0 aliphatic heterocycles. The minimum Gasteiger partial charge on any atom is -0.320 e. The fourth-order valence-corrected chi connectivity index (χ4v) is 3.96. The Morgan fingerprint density at radius 3 is 2.65 bits per heavy atom. The molecule has 0 fully saturated rings. The van der Waals surface area contributed by atoms with Crippen LogP contribution in [0.25, 0.3) is 0 Å². The van der Waals surface area contributed by atoms with E-state index in [1.54, 1.807) is 25.1 Å². The van der Waals surface area contributed by atoms with E-state index in [0.717, 1.165) is 0 Å². The Morgan fingerprint density at radius 2 is 2.05 bits per heavy atom. The van der Waals surface area contributed by atoms with Crippen LogP contribution in [0, 0.1) is 11.8 Å². The number of hydrogen-bond acceptors (Lipinski definition) is 4. The summed E-state index contributed by atoms with van der Waals surface area (Å²) in [6.45, 7) is 1.83. The molecule has 0 radical (unpaired) electrons. The van der Waals surface area contributed by atoms with Gasteiger partial charge < -0.3 is 5.73 Å². The smallest absolute Gasteiger partial charge is 0.242 e. The molecule has 0 amide bonds. The molecule has 5 nitrogen and oxygen atoms in total. The van der Waals surface area contributed by atoms with E-state index in [2.05, 4.69) is 16.6 Å². The van der Waals surface area contributed by atoms with Crippen LogP contribution in [0.15, 0.2) is 29.2 Å². The SMILES string of the molecule is CC(CS(C)=O)NS(=O)(=O)c1ccccc1C#CCN. The van der Waals surface area contributed by atoms with Crippen LogP contribution in [-0.4, -0.2) is 37.2 Å². The lowest BCUT2D eigenvalue weighted by atomic mass is 10.2. The van der Waals surface area contributed by atoms with E-state index in [1.807, 2.05) is 0 Å². The first-order chi connectivity index (χ1) is 9.36. The second kappa shape index (κ2) is 7.55. The fraction of sp³-hybridized carbons (Fsp3) is 0.385. The van der Waals surface area contributed by atoms with Gasteiger partial charge in [0, 0.05) is 34.4 Å². The molecule has 2 unspecified atom stereocenters. The minimum atomic E-state index is -3.69. The van der Waals surface area contributed by atoms with Crippen molar-refractivity contribution in [3.8, 4) is 11.8 Å². The standard InChI is InChI=1S/C13H18N2O3S2/c1-11(10-19(2)16)15-20(17,18)13-8-4-3-6-12(13)7-5-9-14/h3-4,6,8,11,15H,9-10,14H2,1-2H3. The first-order valence-corrected chi connectivity index (χ1v) is 9.18. The van der Waals surface area contributed by atoms with Crippen LogP contribution in [0.5, 0.6) is 0 Å². The maximum Gasteiger partial charge on any atom is 0.242 e. The van der Waals surface area contributed by atoms with Crippen LogP contribution in [0.1, 0.15) is 12.5 Å². The fourth-order valence-electron chi connectivity index (χ4n) is 1.66. The molecule has 1 rings (SSSR count). The summed E-state index contributed by atoms with van der Waals surface area (Å²) in [5, 5.41) is 0. The van der Waals surface area contributed by atoms with Crippen molar-refractivity contribution in [3.63, 3.8) is 0 Å². The number of benzene rings is 1. The first kappa shape index (κ1) is 16.9. The maximum atomic E-state index is 12.3. The summed E-state index contributed by atoms with van der Waals surface area (Å²) in [6, 6.07) is 6.04. The average molecular weight is 314 g/mol. The molecule has 20 heavy (non-hydrogen) atoms. The van der Waals surface area contributed by atoms with Crippen LogP contribution in [0.3, 0.4) is 0 Å². The van der Waals surface area contributed by atoms with Gasteiger partial charge >= 0.3 is 0 Å². The Balaban J connectivity index is 3.07. The third-order valence-corrected chi connectivity index (χ3v) is 4.96. The molecule has 110 valence electrons. The number of hydrogen-bond donors (Lipinski definition) is 2. The van der Waals surface area contributed by atoms with Gasteiger partial charge in [-0.3, -0.25) is 4.21 Å². The van der Waals surface area contributed by atoms with Gasteiger partial charge in [0.15, 0.2) is 0 Å². The number of nitrogens with one attached hydrogen (secondary N) is 1. The first-order valence-electron chi connectivity index (χ1n) is 5.97. The van der Waals surface area contributed by atoms with Gasteiger partial charge in [-0.25, -0.2) is 13.1 Å². The summed E-state index contributed by atoms with van der Waals surface area (Å²) in [7, 11) is -4.76. The van der Waals surface area contributed by atoms with E-state index in [9.17, 15) is 12.6 Å². The normalized spacial score (nSPS) is 14.2. The summed E-state index contributed by atoms with van der Waals surface area (Å²) in [5.74, 6) is 5.64. The van der Waals surface area contributed by atoms with Gasteiger partial charge in [0.2, 0.25) is 10.0 Å².